The SMILES string of the molecule is CN(C(=O)[C@H]1C[C@H](O[Si](C)(C)C(C)(C)C)CN1)c1ccc(C2CC2)cc1. The molecule has 0 radical (unpaired) electrons. The first kappa shape index (κ1) is 19.6. The monoisotopic (exact) mass is 374 g/mol. The third-order valence-corrected chi connectivity index (χ3v) is 10.9. The lowest BCUT2D eigenvalue weighted by Crippen LogP contribution is -2.44. The van der Waals surface area contributed by atoms with Gasteiger partial charge in [0.15, 0.2) is 8.32 Å². The highest BCUT2D eigenvalue weighted by Crippen LogP contribution is 2.40. The third kappa shape index (κ3) is 4.21. The van der Waals surface area contributed by atoms with Crippen molar-refractivity contribution < 1.29 is 9.22 Å². The van der Waals surface area contributed by atoms with Crippen molar-refractivity contribution in [3.63, 3.8) is 0 Å². The molecule has 2 fully saturated rings. The van der Waals surface area contributed by atoms with Crippen LogP contribution < -0.4 is 10.2 Å². The normalized spacial score (nSPS) is 23.9. The molecule has 1 N–H and O–H groups in total. The molecule has 1 aromatic rings. The minimum atomic E-state index is -1.80. The minimum absolute atomic E-state index is 0.130. The highest BCUT2D eigenvalue weighted by atomic mass is 28.4. The van der Waals surface area contributed by atoms with E-state index in [0.717, 1.165) is 24.6 Å². The van der Waals surface area contributed by atoms with E-state index in [1.807, 2.05) is 7.05 Å². The van der Waals surface area contributed by atoms with E-state index in [1.165, 1.54) is 18.4 Å². The van der Waals surface area contributed by atoms with Crippen LogP contribution in [0.4, 0.5) is 5.69 Å². The number of benzene rings is 1. The Balaban J connectivity index is 1.58. The third-order valence-electron chi connectivity index (χ3n) is 6.32. The van der Waals surface area contributed by atoms with Crippen LogP contribution in [0.15, 0.2) is 24.3 Å². The van der Waals surface area contributed by atoms with Gasteiger partial charge in [-0.25, -0.2) is 0 Å². The molecule has 1 saturated heterocycles. The molecule has 0 spiro atoms. The highest BCUT2D eigenvalue weighted by Gasteiger charge is 2.42. The summed E-state index contributed by atoms with van der Waals surface area (Å²) in [5, 5.41) is 3.57. The predicted octanol–water partition coefficient (Wildman–Crippen LogP) is 4.28. The second kappa shape index (κ2) is 7.10. The number of likely N-dealkylation sites (N-methyl/N-ethyl adjacent to an activating group) is 1. The standard InChI is InChI=1S/C21H34N2O2Si/c1-21(2,3)26(5,6)25-18-13-19(22-14-18)20(24)23(4)17-11-9-16(10-12-17)15-7-8-15/h9-12,15,18-19,22H,7-8,13-14H2,1-6H3/t18-,19+/m0/s1. The Morgan fingerprint density at radius 3 is 2.35 bits per heavy atom. The van der Waals surface area contributed by atoms with Crippen molar-refractivity contribution in [3.8, 4) is 0 Å². The van der Waals surface area contributed by atoms with Crippen molar-refractivity contribution in [1.82, 2.24) is 5.32 Å². The van der Waals surface area contributed by atoms with Gasteiger partial charge in [0.1, 0.15) is 0 Å². The fourth-order valence-corrected chi connectivity index (χ4v) is 4.69. The Morgan fingerprint density at radius 2 is 1.81 bits per heavy atom. The summed E-state index contributed by atoms with van der Waals surface area (Å²) in [7, 11) is 0.0717. The summed E-state index contributed by atoms with van der Waals surface area (Å²) in [5.74, 6) is 0.875. The van der Waals surface area contributed by atoms with Crippen LogP contribution in [0.25, 0.3) is 0 Å². The van der Waals surface area contributed by atoms with Gasteiger partial charge in [0, 0.05) is 19.3 Å². The summed E-state index contributed by atoms with van der Waals surface area (Å²) in [6, 6.07) is 8.33. The lowest BCUT2D eigenvalue weighted by Gasteiger charge is -2.38. The molecule has 0 aromatic heterocycles. The summed E-state index contributed by atoms with van der Waals surface area (Å²) in [6.07, 6.45) is 3.50. The molecule has 1 amide bonds. The lowest BCUT2D eigenvalue weighted by atomic mass is 10.1. The van der Waals surface area contributed by atoms with Crippen LogP contribution in [0, 0.1) is 0 Å². The van der Waals surface area contributed by atoms with Crippen LogP contribution in [0.3, 0.4) is 0 Å². The maximum Gasteiger partial charge on any atom is 0.243 e. The Morgan fingerprint density at radius 1 is 1.19 bits per heavy atom. The molecule has 1 aliphatic carbocycles. The number of carbonyl (C=O) groups excluding carboxylic acids is 1. The van der Waals surface area contributed by atoms with E-state index in [-0.39, 0.29) is 23.1 Å². The van der Waals surface area contributed by atoms with Gasteiger partial charge in [-0.05, 0) is 61.0 Å². The van der Waals surface area contributed by atoms with Crippen molar-refractivity contribution in [3.05, 3.63) is 29.8 Å². The average molecular weight is 375 g/mol. The first-order chi connectivity index (χ1) is 12.1. The number of carbonyl (C=O) groups is 1. The lowest BCUT2D eigenvalue weighted by molar-refractivity contribution is -0.120. The quantitative estimate of drug-likeness (QED) is 0.782. The van der Waals surface area contributed by atoms with E-state index in [0.29, 0.717) is 0 Å². The summed E-state index contributed by atoms with van der Waals surface area (Å²) < 4.78 is 6.48. The van der Waals surface area contributed by atoms with Crippen LogP contribution in [-0.2, 0) is 9.22 Å². The number of rotatable bonds is 5. The van der Waals surface area contributed by atoms with E-state index in [9.17, 15) is 4.79 Å². The molecule has 5 heteroatoms. The van der Waals surface area contributed by atoms with E-state index in [4.69, 9.17) is 4.43 Å². The maximum absolute atomic E-state index is 12.9. The van der Waals surface area contributed by atoms with Crippen molar-refractivity contribution in [2.75, 3.05) is 18.5 Å². The molecule has 144 valence electrons. The van der Waals surface area contributed by atoms with Crippen LogP contribution >= 0.6 is 0 Å². The van der Waals surface area contributed by atoms with Gasteiger partial charge in [-0.3, -0.25) is 4.79 Å². The Labute approximate surface area is 159 Å². The molecule has 2 aliphatic rings. The number of amides is 1. The molecule has 4 nitrogen and oxygen atoms in total. The first-order valence-electron chi connectivity index (χ1n) is 9.87. The Bertz CT molecular complexity index is 647. The van der Waals surface area contributed by atoms with Crippen LogP contribution in [0.5, 0.6) is 0 Å². The molecule has 1 aromatic carbocycles. The van der Waals surface area contributed by atoms with E-state index in [2.05, 4.69) is 63.4 Å². The summed E-state index contributed by atoms with van der Waals surface area (Å²) >= 11 is 0. The number of hydrogen-bond acceptors (Lipinski definition) is 3. The van der Waals surface area contributed by atoms with Crippen molar-refractivity contribution in [2.24, 2.45) is 0 Å². The largest absolute Gasteiger partial charge is 0.413 e. The molecule has 0 unspecified atom stereocenters. The molecule has 1 aliphatic heterocycles. The summed E-state index contributed by atoms with van der Waals surface area (Å²) in [5.41, 5.74) is 2.37. The maximum atomic E-state index is 12.9. The highest BCUT2D eigenvalue weighted by molar-refractivity contribution is 6.74. The zero-order chi connectivity index (χ0) is 19.1. The first-order valence-corrected chi connectivity index (χ1v) is 12.8. The summed E-state index contributed by atoms with van der Waals surface area (Å²) in [4.78, 5) is 14.7. The second-order valence-corrected chi connectivity index (χ2v) is 14.2. The summed E-state index contributed by atoms with van der Waals surface area (Å²) in [6.45, 7) is 12.1. The van der Waals surface area contributed by atoms with Crippen molar-refractivity contribution in [2.45, 2.75) is 76.2 Å². The molecule has 2 atom stereocenters. The molecule has 3 rings (SSSR count). The molecule has 0 bridgehead atoms. The second-order valence-electron chi connectivity index (χ2n) is 9.46. The van der Waals surface area contributed by atoms with Gasteiger partial charge >= 0.3 is 0 Å². The van der Waals surface area contributed by atoms with E-state index < -0.39 is 8.32 Å². The fourth-order valence-electron chi connectivity index (χ4n) is 3.32. The predicted molar refractivity (Wildman–Crippen MR) is 110 cm³/mol. The zero-order valence-electron chi connectivity index (χ0n) is 17.1. The smallest absolute Gasteiger partial charge is 0.243 e. The Hall–Kier alpha value is -1.17. The van der Waals surface area contributed by atoms with Gasteiger partial charge in [0.25, 0.3) is 0 Å². The molecule has 1 saturated carbocycles. The van der Waals surface area contributed by atoms with E-state index in [1.54, 1.807) is 4.90 Å². The topological polar surface area (TPSA) is 41.6 Å². The van der Waals surface area contributed by atoms with Gasteiger partial charge in [-0.15, -0.1) is 0 Å². The van der Waals surface area contributed by atoms with Crippen molar-refractivity contribution >= 4 is 19.9 Å². The minimum Gasteiger partial charge on any atom is -0.413 e. The van der Waals surface area contributed by atoms with Crippen molar-refractivity contribution in [1.29, 1.82) is 0 Å². The molecular weight excluding hydrogens is 340 g/mol. The van der Waals surface area contributed by atoms with Crippen LogP contribution in [-0.4, -0.2) is 40.0 Å². The number of anilines is 1. The van der Waals surface area contributed by atoms with Gasteiger partial charge in [0.05, 0.1) is 12.1 Å². The number of nitrogens with zero attached hydrogens (tertiary/aromatic N) is 1. The molecule has 1 heterocycles. The molecular formula is C21H34N2O2Si. The zero-order valence-corrected chi connectivity index (χ0v) is 18.1. The van der Waals surface area contributed by atoms with Crippen LogP contribution in [0.2, 0.25) is 18.1 Å². The van der Waals surface area contributed by atoms with Gasteiger partial charge in [-0.2, -0.15) is 0 Å². The average Bonchev–Trinajstić information content (AvgIpc) is 3.32. The van der Waals surface area contributed by atoms with Crippen LogP contribution in [0.1, 0.15) is 51.5 Å². The number of nitrogens with one attached hydrogen (secondary N) is 1. The fraction of sp³-hybridized carbons (Fsp3) is 0.667. The Kier molecular flexibility index (Phi) is 5.35. The van der Waals surface area contributed by atoms with E-state index >= 15 is 0 Å². The number of hydrogen-bond donors (Lipinski definition) is 1. The van der Waals surface area contributed by atoms with Gasteiger partial charge in [-0.1, -0.05) is 32.9 Å². The molecule has 26 heavy (non-hydrogen) atoms. The van der Waals surface area contributed by atoms with Gasteiger partial charge < -0.3 is 14.6 Å². The van der Waals surface area contributed by atoms with Gasteiger partial charge in [0.2, 0.25) is 5.91 Å².